The highest BCUT2D eigenvalue weighted by molar-refractivity contribution is 5.83. The van der Waals surface area contributed by atoms with Crippen LogP contribution in [0.1, 0.15) is 58.9 Å². The van der Waals surface area contributed by atoms with Crippen LogP contribution in [0, 0.1) is 28.4 Å². The smallest absolute Gasteiger partial charge is 0.223 e. The number of carbonyl (C=O) groups excluding carboxylic acids is 2. The van der Waals surface area contributed by atoms with Crippen molar-refractivity contribution in [3.63, 3.8) is 0 Å². The Morgan fingerprint density at radius 2 is 1.72 bits per heavy atom. The quantitative estimate of drug-likeness (QED) is 0.286. The van der Waals surface area contributed by atoms with Gasteiger partial charge in [0.1, 0.15) is 11.6 Å². The summed E-state index contributed by atoms with van der Waals surface area (Å²) in [7, 11) is 4.82. The van der Waals surface area contributed by atoms with E-state index in [4.69, 9.17) is 0 Å². The number of hydrogen-bond donors (Lipinski definition) is 0. The van der Waals surface area contributed by atoms with E-state index in [1.165, 1.54) is 30.1 Å². The fourth-order valence-electron chi connectivity index (χ4n) is 5.17. The van der Waals surface area contributed by atoms with Gasteiger partial charge in [-0.05, 0) is 60.3 Å². The molecule has 0 aliphatic heterocycles. The highest BCUT2D eigenvalue weighted by Gasteiger charge is 2.52. The van der Waals surface area contributed by atoms with Crippen LogP contribution in [0.2, 0.25) is 0 Å². The zero-order valence-electron chi connectivity index (χ0n) is 22.7. The third kappa shape index (κ3) is 6.26. The molecule has 36 heavy (non-hydrogen) atoms. The lowest BCUT2D eigenvalue weighted by atomic mass is 9.64. The second kappa shape index (κ2) is 11.9. The van der Waals surface area contributed by atoms with E-state index in [0.717, 1.165) is 18.4 Å². The number of halogens is 2. The van der Waals surface area contributed by atoms with Crippen LogP contribution in [-0.4, -0.2) is 55.8 Å². The van der Waals surface area contributed by atoms with Gasteiger partial charge in [-0.15, -0.1) is 0 Å². The van der Waals surface area contributed by atoms with E-state index in [0.29, 0.717) is 13.1 Å². The molecule has 6 nitrogen and oxygen atoms in total. The van der Waals surface area contributed by atoms with Crippen molar-refractivity contribution in [3.05, 3.63) is 53.6 Å². The highest BCUT2D eigenvalue weighted by atomic mass is 19.1. The fourth-order valence-corrected chi connectivity index (χ4v) is 5.17. The molecule has 2 amide bonds. The van der Waals surface area contributed by atoms with E-state index in [9.17, 15) is 18.4 Å². The van der Waals surface area contributed by atoms with Crippen LogP contribution < -0.4 is 0 Å². The third-order valence-electron chi connectivity index (χ3n) is 7.93. The predicted octanol–water partition coefficient (Wildman–Crippen LogP) is 6.10. The molecule has 1 aromatic carbocycles. The van der Waals surface area contributed by atoms with Crippen LogP contribution >= 0.6 is 0 Å². The molecule has 2 atom stereocenters. The molecular weight excluding hydrogens is 462 g/mol. The highest BCUT2D eigenvalue weighted by Crippen LogP contribution is 2.58. The average molecular weight is 503 g/mol. The standard InChI is InChI=1S/C28H40F2N4O2/c1-9-34(25(36)14-13-24(35)33(7)8)18-28(5)16-15-20(27(28,3)4)19(2)17-23(32-31-6)26-21(29)11-10-12-22(26)30/h10-12,17,20H,2,9,13-16,18H2,1,3-8H3/b23-17-,32-31-/t20-,28?/m1/s1. The first-order chi connectivity index (χ1) is 16.8. The predicted molar refractivity (Wildman–Crippen MR) is 139 cm³/mol. The Hall–Kier alpha value is -2.90. The number of amides is 2. The first-order valence-corrected chi connectivity index (χ1v) is 12.4. The van der Waals surface area contributed by atoms with Crippen molar-refractivity contribution in [2.24, 2.45) is 27.0 Å². The number of benzene rings is 1. The Kier molecular flexibility index (Phi) is 9.69. The molecule has 0 aromatic heterocycles. The molecule has 0 spiro atoms. The van der Waals surface area contributed by atoms with Crippen molar-refractivity contribution in [1.82, 2.24) is 9.80 Å². The minimum absolute atomic E-state index is 0.0171. The zero-order chi connectivity index (χ0) is 27.3. The summed E-state index contributed by atoms with van der Waals surface area (Å²) in [6, 6.07) is 3.70. The van der Waals surface area contributed by atoms with Gasteiger partial charge < -0.3 is 9.80 Å². The molecule has 198 valence electrons. The molecule has 1 aromatic rings. The summed E-state index contributed by atoms with van der Waals surface area (Å²) in [4.78, 5) is 28.2. The molecule has 0 saturated heterocycles. The third-order valence-corrected chi connectivity index (χ3v) is 7.93. The van der Waals surface area contributed by atoms with Gasteiger partial charge in [-0.2, -0.15) is 10.2 Å². The van der Waals surface area contributed by atoms with E-state index in [-0.39, 0.29) is 52.7 Å². The van der Waals surface area contributed by atoms with Crippen molar-refractivity contribution in [2.45, 2.75) is 53.4 Å². The molecule has 8 heteroatoms. The molecule has 1 fully saturated rings. The Morgan fingerprint density at radius 3 is 2.25 bits per heavy atom. The van der Waals surface area contributed by atoms with Gasteiger partial charge in [-0.1, -0.05) is 33.4 Å². The van der Waals surface area contributed by atoms with Gasteiger partial charge in [-0.3, -0.25) is 9.59 Å². The lowest BCUT2D eigenvalue weighted by Gasteiger charge is -2.45. The maximum atomic E-state index is 14.5. The molecular formula is C28H40F2N4O2. The van der Waals surface area contributed by atoms with Crippen LogP contribution in [0.25, 0.3) is 5.70 Å². The number of nitrogens with zero attached hydrogens (tertiary/aromatic N) is 4. The average Bonchev–Trinajstić information content (AvgIpc) is 3.03. The molecule has 1 unspecified atom stereocenters. The maximum Gasteiger partial charge on any atom is 0.223 e. The van der Waals surface area contributed by atoms with E-state index in [1.807, 2.05) is 11.8 Å². The van der Waals surface area contributed by atoms with Crippen molar-refractivity contribution in [3.8, 4) is 0 Å². The first-order valence-electron chi connectivity index (χ1n) is 12.4. The van der Waals surface area contributed by atoms with Crippen molar-refractivity contribution >= 4 is 17.5 Å². The second-order valence-corrected chi connectivity index (χ2v) is 10.6. The summed E-state index contributed by atoms with van der Waals surface area (Å²) in [5.41, 5.74) is 0.105. The summed E-state index contributed by atoms with van der Waals surface area (Å²) >= 11 is 0. The van der Waals surface area contributed by atoms with Gasteiger partial charge in [0.25, 0.3) is 0 Å². The van der Waals surface area contributed by atoms with Gasteiger partial charge in [0.2, 0.25) is 11.8 Å². The normalized spacial score (nSPS) is 21.6. The Bertz CT molecular complexity index is 1030. The number of allylic oxidation sites excluding steroid dienone is 2. The van der Waals surface area contributed by atoms with E-state index < -0.39 is 11.6 Å². The lowest BCUT2D eigenvalue weighted by molar-refractivity contribution is -0.137. The van der Waals surface area contributed by atoms with Gasteiger partial charge in [0, 0.05) is 47.1 Å². The topological polar surface area (TPSA) is 65.3 Å². The minimum Gasteiger partial charge on any atom is -0.349 e. The minimum atomic E-state index is -0.707. The Labute approximate surface area is 214 Å². The molecule has 0 bridgehead atoms. The monoisotopic (exact) mass is 502 g/mol. The van der Waals surface area contributed by atoms with Crippen LogP contribution in [0.15, 0.2) is 46.7 Å². The number of hydrogen-bond acceptors (Lipinski definition) is 4. The Morgan fingerprint density at radius 1 is 1.14 bits per heavy atom. The van der Waals surface area contributed by atoms with E-state index in [1.54, 1.807) is 20.2 Å². The number of rotatable bonds is 10. The van der Waals surface area contributed by atoms with Gasteiger partial charge in [0.05, 0.1) is 11.3 Å². The van der Waals surface area contributed by atoms with Crippen LogP contribution in [0.5, 0.6) is 0 Å². The molecule has 0 radical (unpaired) electrons. The van der Waals surface area contributed by atoms with Gasteiger partial charge in [0.15, 0.2) is 0 Å². The number of azo groups is 1. The lowest BCUT2D eigenvalue weighted by Crippen LogP contribution is -2.46. The largest absolute Gasteiger partial charge is 0.349 e. The number of carbonyl (C=O) groups is 2. The zero-order valence-corrected chi connectivity index (χ0v) is 22.7. The van der Waals surface area contributed by atoms with Gasteiger partial charge in [-0.25, -0.2) is 8.78 Å². The molecule has 0 heterocycles. The molecule has 2 rings (SSSR count). The maximum absolute atomic E-state index is 14.5. The second-order valence-electron chi connectivity index (χ2n) is 10.6. The summed E-state index contributed by atoms with van der Waals surface area (Å²) < 4.78 is 28.9. The van der Waals surface area contributed by atoms with Crippen LogP contribution in [-0.2, 0) is 9.59 Å². The van der Waals surface area contributed by atoms with E-state index >= 15 is 0 Å². The molecule has 0 N–H and O–H groups in total. The van der Waals surface area contributed by atoms with Crippen LogP contribution in [0.3, 0.4) is 0 Å². The van der Waals surface area contributed by atoms with Crippen molar-refractivity contribution in [1.29, 1.82) is 0 Å². The van der Waals surface area contributed by atoms with Crippen molar-refractivity contribution in [2.75, 3.05) is 34.2 Å². The molecule has 1 aliphatic rings. The summed E-state index contributed by atoms with van der Waals surface area (Å²) in [5.74, 6) is -1.50. The van der Waals surface area contributed by atoms with E-state index in [2.05, 4.69) is 37.6 Å². The SMILES string of the molecule is C=C(/C=C(\N=N/C)c1c(F)cccc1F)[C@H]1CCC(C)(CN(CC)C(=O)CCC(=O)N(C)C)C1(C)C. The molecule has 1 aliphatic carbocycles. The summed E-state index contributed by atoms with van der Waals surface area (Å²) in [5, 5.41) is 7.77. The summed E-state index contributed by atoms with van der Waals surface area (Å²) in [6.07, 6.45) is 3.67. The van der Waals surface area contributed by atoms with Crippen molar-refractivity contribution < 1.29 is 18.4 Å². The molecule has 1 saturated carbocycles. The van der Waals surface area contributed by atoms with Gasteiger partial charge >= 0.3 is 0 Å². The fraction of sp³-hybridized carbons (Fsp3) is 0.571. The summed E-state index contributed by atoms with van der Waals surface area (Å²) in [6.45, 7) is 13.8. The Balaban J connectivity index is 2.27. The van der Waals surface area contributed by atoms with Crippen LogP contribution in [0.4, 0.5) is 8.78 Å². The first kappa shape index (κ1) is 29.3.